The van der Waals surface area contributed by atoms with E-state index >= 15 is 0 Å². The number of hydrogen-bond acceptors (Lipinski definition) is 6. The fraction of sp³-hybridized carbons (Fsp3) is 0.364. The largest absolute Gasteiger partial charge is 0.433 e. The number of rotatable bonds is 1. The number of imide groups is 1. The second kappa shape index (κ2) is 7.16. The van der Waals surface area contributed by atoms with Gasteiger partial charge in [-0.2, -0.15) is 13.2 Å². The van der Waals surface area contributed by atoms with Gasteiger partial charge < -0.3 is 10.4 Å². The van der Waals surface area contributed by atoms with Crippen LogP contribution in [0.3, 0.4) is 0 Å². The standard InChI is InChI=1S/C22H15Cl2F3N4O4/c23-8-4-10-17(11(24)5-8)29-20(35)21(10)16-15(12-6-9(32)7-30(12)21)18(33)31(19(16)34)14-3-1-2-13(28-14)22(25,26)27/h1-5,9,12,15-16,32H,6-7H2,(H,29,35). The summed E-state index contributed by atoms with van der Waals surface area (Å²) < 4.78 is 39.8. The molecule has 35 heavy (non-hydrogen) atoms. The van der Waals surface area contributed by atoms with E-state index in [1.165, 1.54) is 12.1 Å². The van der Waals surface area contributed by atoms with Crippen LogP contribution in [0.25, 0.3) is 0 Å². The molecule has 4 aliphatic rings. The number of benzene rings is 1. The van der Waals surface area contributed by atoms with Gasteiger partial charge in [0.1, 0.15) is 17.1 Å². The van der Waals surface area contributed by atoms with Crippen LogP contribution in [-0.4, -0.2) is 51.4 Å². The van der Waals surface area contributed by atoms with Crippen molar-refractivity contribution >= 4 is 52.4 Å². The van der Waals surface area contributed by atoms with E-state index in [0.717, 1.165) is 18.2 Å². The molecule has 13 heteroatoms. The average molecular weight is 527 g/mol. The molecule has 3 saturated heterocycles. The summed E-state index contributed by atoms with van der Waals surface area (Å²) in [5.74, 6) is -5.10. The Morgan fingerprint density at radius 3 is 2.60 bits per heavy atom. The number of pyridine rings is 1. The van der Waals surface area contributed by atoms with Gasteiger partial charge in [-0.15, -0.1) is 0 Å². The van der Waals surface area contributed by atoms with Gasteiger partial charge in [0.25, 0.3) is 5.91 Å². The van der Waals surface area contributed by atoms with Crippen molar-refractivity contribution in [2.75, 3.05) is 16.8 Å². The number of anilines is 2. The zero-order valence-corrected chi connectivity index (χ0v) is 19.0. The van der Waals surface area contributed by atoms with E-state index in [9.17, 15) is 32.7 Å². The smallest absolute Gasteiger partial charge is 0.392 e. The molecule has 8 nitrogen and oxygen atoms in total. The molecule has 2 N–H and O–H groups in total. The highest BCUT2D eigenvalue weighted by atomic mass is 35.5. The molecule has 182 valence electrons. The minimum atomic E-state index is -4.79. The molecule has 6 rings (SSSR count). The molecule has 1 aromatic heterocycles. The number of carbonyl (C=O) groups excluding carboxylic acids is 3. The number of hydrogen-bond donors (Lipinski definition) is 2. The summed E-state index contributed by atoms with van der Waals surface area (Å²) in [5, 5.41) is 13.4. The number of alkyl halides is 3. The number of nitrogens with one attached hydrogen (secondary N) is 1. The predicted octanol–water partition coefficient (Wildman–Crippen LogP) is 2.81. The fourth-order valence-electron chi connectivity index (χ4n) is 6.14. The Hall–Kier alpha value is -2.73. The van der Waals surface area contributed by atoms with Crippen LogP contribution in [0, 0.1) is 11.8 Å². The molecular weight excluding hydrogens is 512 g/mol. The average Bonchev–Trinajstić information content (AvgIpc) is 3.44. The number of amides is 3. The first-order valence-corrected chi connectivity index (χ1v) is 11.4. The van der Waals surface area contributed by atoms with Crippen molar-refractivity contribution in [3.05, 3.63) is 51.6 Å². The molecule has 0 radical (unpaired) electrons. The van der Waals surface area contributed by atoms with Crippen LogP contribution < -0.4 is 10.2 Å². The van der Waals surface area contributed by atoms with E-state index in [2.05, 4.69) is 10.3 Å². The first-order chi connectivity index (χ1) is 16.5. The topological polar surface area (TPSA) is 103 Å². The van der Waals surface area contributed by atoms with Gasteiger partial charge in [0, 0.05) is 23.2 Å². The Balaban J connectivity index is 1.55. The number of aliphatic hydroxyl groups excluding tert-OH is 1. The Kier molecular flexibility index (Phi) is 4.65. The lowest BCUT2D eigenvalue weighted by atomic mass is 9.75. The summed E-state index contributed by atoms with van der Waals surface area (Å²) in [6, 6.07) is 5.11. The van der Waals surface area contributed by atoms with Gasteiger partial charge in [-0.1, -0.05) is 29.3 Å². The van der Waals surface area contributed by atoms with Crippen molar-refractivity contribution in [1.29, 1.82) is 0 Å². The Morgan fingerprint density at radius 1 is 1.14 bits per heavy atom. The molecule has 0 bridgehead atoms. The second-order valence-electron chi connectivity index (χ2n) is 9.03. The van der Waals surface area contributed by atoms with Gasteiger partial charge in [-0.05, 0) is 30.7 Å². The molecular formula is C22H15Cl2F3N4O4. The highest BCUT2D eigenvalue weighted by molar-refractivity contribution is 6.38. The van der Waals surface area contributed by atoms with Crippen LogP contribution in [0.2, 0.25) is 10.0 Å². The van der Waals surface area contributed by atoms with Crippen LogP contribution >= 0.6 is 23.2 Å². The number of carbonyl (C=O) groups is 3. The van der Waals surface area contributed by atoms with E-state index in [-0.39, 0.29) is 34.3 Å². The Labute approximate surface area is 205 Å². The molecule has 1 aromatic carbocycles. The summed E-state index contributed by atoms with van der Waals surface area (Å²) in [5.41, 5.74) is -2.47. The number of nitrogens with zero attached hydrogens (tertiary/aromatic N) is 3. The van der Waals surface area contributed by atoms with Crippen LogP contribution in [0.5, 0.6) is 0 Å². The van der Waals surface area contributed by atoms with Gasteiger partial charge in [-0.25, -0.2) is 9.88 Å². The maximum absolute atomic E-state index is 13.8. The number of aliphatic hydroxyl groups is 1. The lowest BCUT2D eigenvalue weighted by Crippen LogP contribution is -2.54. The van der Waals surface area contributed by atoms with Crippen molar-refractivity contribution in [3.8, 4) is 0 Å². The number of aromatic nitrogens is 1. The highest BCUT2D eigenvalue weighted by Crippen LogP contribution is 2.61. The molecule has 0 aliphatic carbocycles. The fourth-order valence-corrected chi connectivity index (χ4v) is 6.68. The van der Waals surface area contributed by atoms with Gasteiger partial charge in [0.2, 0.25) is 11.8 Å². The summed E-state index contributed by atoms with van der Waals surface area (Å²) in [7, 11) is 0. The monoisotopic (exact) mass is 526 g/mol. The van der Waals surface area contributed by atoms with Gasteiger partial charge >= 0.3 is 6.18 Å². The second-order valence-corrected chi connectivity index (χ2v) is 9.88. The molecule has 2 aromatic rings. The van der Waals surface area contributed by atoms with E-state index in [4.69, 9.17) is 23.2 Å². The summed E-state index contributed by atoms with van der Waals surface area (Å²) in [6.45, 7) is 0.0109. The lowest BCUT2D eigenvalue weighted by Gasteiger charge is -2.36. The first kappa shape index (κ1) is 22.7. The third-order valence-electron chi connectivity index (χ3n) is 7.29. The van der Waals surface area contributed by atoms with Crippen LogP contribution in [-0.2, 0) is 26.1 Å². The molecule has 1 spiro atoms. The highest BCUT2D eigenvalue weighted by Gasteiger charge is 2.75. The summed E-state index contributed by atoms with van der Waals surface area (Å²) in [4.78, 5) is 46.8. The maximum Gasteiger partial charge on any atom is 0.433 e. The molecule has 4 aliphatic heterocycles. The number of halogens is 5. The normalized spacial score (nSPS) is 31.8. The van der Waals surface area contributed by atoms with Crippen molar-refractivity contribution in [2.45, 2.75) is 30.3 Å². The van der Waals surface area contributed by atoms with Crippen LogP contribution in [0.1, 0.15) is 17.7 Å². The van der Waals surface area contributed by atoms with E-state index < -0.39 is 64.9 Å². The first-order valence-electron chi connectivity index (χ1n) is 10.6. The molecule has 0 saturated carbocycles. The third-order valence-corrected chi connectivity index (χ3v) is 7.81. The lowest BCUT2D eigenvalue weighted by molar-refractivity contribution is -0.141. The van der Waals surface area contributed by atoms with E-state index in [1.807, 2.05) is 0 Å². The summed E-state index contributed by atoms with van der Waals surface area (Å²) in [6.07, 6.45) is -5.57. The molecule has 3 fully saturated rings. The molecule has 5 unspecified atom stereocenters. The third kappa shape index (κ3) is 2.83. The van der Waals surface area contributed by atoms with Crippen molar-refractivity contribution < 1.29 is 32.7 Å². The van der Waals surface area contributed by atoms with Crippen LogP contribution in [0.4, 0.5) is 24.7 Å². The predicted molar refractivity (Wildman–Crippen MR) is 117 cm³/mol. The van der Waals surface area contributed by atoms with Crippen molar-refractivity contribution in [3.63, 3.8) is 0 Å². The van der Waals surface area contributed by atoms with Crippen LogP contribution in [0.15, 0.2) is 30.3 Å². The number of fused-ring (bicyclic) bond motifs is 7. The SMILES string of the molecule is O=C1C2C3CC(O)CN3C3(C(=O)Nc4c(Cl)cc(Cl)cc43)C2C(=O)N1c1cccc(C(F)(F)F)n1. The zero-order valence-electron chi connectivity index (χ0n) is 17.5. The summed E-state index contributed by atoms with van der Waals surface area (Å²) >= 11 is 12.6. The van der Waals surface area contributed by atoms with Crippen molar-refractivity contribution in [2.24, 2.45) is 11.8 Å². The van der Waals surface area contributed by atoms with Gasteiger partial charge in [0.05, 0.1) is 28.6 Å². The zero-order chi connectivity index (χ0) is 25.0. The quantitative estimate of drug-likeness (QED) is 0.554. The molecule has 3 amide bonds. The van der Waals surface area contributed by atoms with Crippen molar-refractivity contribution in [1.82, 2.24) is 9.88 Å². The molecule has 5 heterocycles. The Bertz CT molecular complexity index is 1340. The minimum absolute atomic E-state index is 0.0109. The Morgan fingerprint density at radius 2 is 1.89 bits per heavy atom. The van der Waals surface area contributed by atoms with E-state index in [1.54, 1.807) is 4.90 Å². The maximum atomic E-state index is 13.8. The van der Waals surface area contributed by atoms with E-state index in [0.29, 0.717) is 4.90 Å². The van der Waals surface area contributed by atoms with Gasteiger partial charge in [-0.3, -0.25) is 19.3 Å². The molecule has 5 atom stereocenters. The van der Waals surface area contributed by atoms with Gasteiger partial charge in [0.15, 0.2) is 0 Å². The minimum Gasteiger partial charge on any atom is -0.392 e.